The van der Waals surface area contributed by atoms with Crippen LogP contribution in [0, 0.1) is 0 Å². The summed E-state index contributed by atoms with van der Waals surface area (Å²) in [6.07, 6.45) is 1.59. The fourth-order valence-corrected chi connectivity index (χ4v) is 0.615. The van der Waals surface area contributed by atoms with Gasteiger partial charge in [0.1, 0.15) is 0 Å². The number of carbonyl (C=O) groups excluding carboxylic acids is 2. The second-order valence-corrected chi connectivity index (χ2v) is 2.49. The van der Waals surface area contributed by atoms with Crippen LogP contribution in [0.25, 0.3) is 0 Å². The molecule has 0 aliphatic rings. The second-order valence-electron chi connectivity index (χ2n) is 2.49. The average Bonchev–Trinajstić information content (AvgIpc) is 2.13. The summed E-state index contributed by atoms with van der Waals surface area (Å²) in [7, 11) is 1.67. The van der Waals surface area contributed by atoms with E-state index in [1.165, 1.54) is 10.6 Å². The van der Waals surface area contributed by atoms with Gasteiger partial charge < -0.3 is 30.1 Å². The number of carbonyl (C=O) groups is 2. The molecule has 7 nitrogen and oxygen atoms in total. The number of hydrogen-bond acceptors (Lipinski definition) is 6. The molecule has 1 aromatic heterocycles. The van der Waals surface area contributed by atoms with Gasteiger partial charge in [0.25, 0.3) is 0 Å². The number of nitrogen functional groups attached to an aromatic ring is 1. The molecule has 0 bridgehead atoms. The van der Waals surface area contributed by atoms with E-state index in [2.05, 4.69) is 0 Å². The maximum atomic E-state index is 10.7. The fraction of sp³-hybridized carbons (Fsp3) is 0.125. The van der Waals surface area contributed by atoms with Crippen LogP contribution in [-0.4, -0.2) is 16.5 Å². The Morgan fingerprint density at radius 2 is 1.73 bits per heavy atom. The van der Waals surface area contributed by atoms with Crippen molar-refractivity contribution < 1.29 is 19.8 Å². The highest BCUT2D eigenvalue weighted by molar-refractivity contribution is 6.25. The largest absolute Gasteiger partial charge is 0.543 e. The van der Waals surface area contributed by atoms with E-state index < -0.39 is 11.9 Å². The monoisotopic (exact) mass is 212 g/mol. The lowest BCUT2D eigenvalue weighted by Gasteiger charge is -1.97. The van der Waals surface area contributed by atoms with Gasteiger partial charge in [-0.3, -0.25) is 4.79 Å². The third-order valence-electron chi connectivity index (χ3n) is 1.28. The number of pyridine rings is 1. The molecule has 0 aliphatic carbocycles. The van der Waals surface area contributed by atoms with Crippen LogP contribution in [0.3, 0.4) is 0 Å². The average molecular weight is 212 g/mol. The quantitative estimate of drug-likeness (QED) is 0.443. The summed E-state index contributed by atoms with van der Waals surface area (Å²) in [6, 6.07) is 3.03. The van der Waals surface area contributed by atoms with Crippen LogP contribution in [-0.2, 0) is 16.6 Å². The molecule has 0 spiro atoms. The molecule has 0 fully saturated rings. The molecule has 15 heavy (non-hydrogen) atoms. The number of aliphatic carboxylic acids is 2. The molecular weight excluding hydrogens is 204 g/mol. The zero-order valence-electron chi connectivity index (χ0n) is 7.80. The second kappa shape index (κ2) is 5.43. The molecule has 0 atom stereocenters. The van der Waals surface area contributed by atoms with E-state index in [-0.39, 0.29) is 5.56 Å². The highest BCUT2D eigenvalue weighted by Crippen LogP contribution is 1.92. The maximum Gasteiger partial charge on any atom is 0.250 e. The van der Waals surface area contributed by atoms with Gasteiger partial charge in [0.2, 0.25) is 5.56 Å². The highest BCUT2D eigenvalue weighted by Gasteiger charge is 1.86. The fourth-order valence-electron chi connectivity index (χ4n) is 0.615. The minimum absolute atomic E-state index is 0.0378. The maximum absolute atomic E-state index is 10.7. The van der Waals surface area contributed by atoms with Crippen LogP contribution >= 0.6 is 0 Å². The van der Waals surface area contributed by atoms with Gasteiger partial charge in [-0.25, -0.2) is 0 Å². The Kier molecular flexibility index (Phi) is 4.59. The predicted octanol–water partition coefficient (Wildman–Crippen LogP) is -3.55. The lowest BCUT2D eigenvalue weighted by Crippen LogP contribution is -2.42. The van der Waals surface area contributed by atoms with E-state index in [1.54, 1.807) is 19.3 Å². The summed E-state index contributed by atoms with van der Waals surface area (Å²) in [5.41, 5.74) is 5.94. The number of carboxylic acid groups (broad SMARTS) is 2. The summed E-state index contributed by atoms with van der Waals surface area (Å²) in [5, 5.41) is 17.9. The van der Waals surface area contributed by atoms with Gasteiger partial charge in [-0.15, -0.1) is 0 Å². The molecular formula is C8H8N2O5-2. The lowest BCUT2D eigenvalue weighted by molar-refractivity contribution is -0.345. The van der Waals surface area contributed by atoms with E-state index in [9.17, 15) is 4.79 Å². The molecule has 1 heterocycles. The Morgan fingerprint density at radius 1 is 1.27 bits per heavy atom. The summed E-state index contributed by atoms with van der Waals surface area (Å²) in [4.78, 5) is 28.5. The molecule has 7 heteroatoms. The number of aryl methyl sites for hydroxylation is 1. The van der Waals surface area contributed by atoms with Crippen molar-refractivity contribution >= 4 is 17.6 Å². The SMILES string of the molecule is Cn1cc(N)ccc1=O.O=C([O-])C(=O)[O-]. The van der Waals surface area contributed by atoms with Crippen molar-refractivity contribution in [2.24, 2.45) is 7.05 Å². The van der Waals surface area contributed by atoms with E-state index in [0.717, 1.165) is 0 Å². The van der Waals surface area contributed by atoms with Crippen molar-refractivity contribution in [1.82, 2.24) is 4.57 Å². The zero-order chi connectivity index (χ0) is 12.0. The molecule has 0 unspecified atom stereocenters. The number of anilines is 1. The van der Waals surface area contributed by atoms with E-state index in [4.69, 9.17) is 25.5 Å². The Labute approximate surface area is 84.4 Å². The Bertz CT molecular complexity index is 411. The van der Waals surface area contributed by atoms with Crippen molar-refractivity contribution in [2.75, 3.05) is 5.73 Å². The third-order valence-corrected chi connectivity index (χ3v) is 1.28. The Morgan fingerprint density at radius 3 is 2.00 bits per heavy atom. The topological polar surface area (TPSA) is 128 Å². The lowest BCUT2D eigenvalue weighted by atomic mass is 10.4. The minimum atomic E-state index is -2.19. The molecule has 0 radical (unpaired) electrons. The standard InChI is InChI=1S/C6H8N2O.C2H2O4/c1-8-4-5(7)2-3-6(8)9;3-1(4)2(5)6/h2-4H,7H2,1H3;(H,3,4)(H,5,6)/p-2. The first-order valence-corrected chi connectivity index (χ1v) is 3.69. The van der Waals surface area contributed by atoms with Crippen LogP contribution in [0.2, 0.25) is 0 Å². The molecule has 0 saturated heterocycles. The first-order chi connectivity index (χ1) is 6.84. The van der Waals surface area contributed by atoms with Gasteiger partial charge >= 0.3 is 0 Å². The summed E-state index contributed by atoms with van der Waals surface area (Å²) in [6.45, 7) is 0. The van der Waals surface area contributed by atoms with E-state index in [1.807, 2.05) is 0 Å². The van der Waals surface area contributed by atoms with Gasteiger partial charge in [0, 0.05) is 25.0 Å². The van der Waals surface area contributed by atoms with Crippen molar-refractivity contribution in [3.8, 4) is 0 Å². The molecule has 1 rings (SSSR count). The van der Waals surface area contributed by atoms with Crippen LogP contribution in [0.1, 0.15) is 0 Å². The van der Waals surface area contributed by atoms with Crippen molar-refractivity contribution in [3.63, 3.8) is 0 Å². The van der Waals surface area contributed by atoms with Crippen LogP contribution in [0.15, 0.2) is 23.1 Å². The first-order valence-electron chi connectivity index (χ1n) is 3.69. The predicted molar refractivity (Wildman–Crippen MR) is 46.1 cm³/mol. The number of carboxylic acids is 2. The normalized spacial score (nSPS) is 8.60. The van der Waals surface area contributed by atoms with Gasteiger partial charge in [-0.1, -0.05) is 0 Å². The number of nitrogens with zero attached hydrogens (tertiary/aromatic N) is 1. The number of hydrogen-bond donors (Lipinski definition) is 1. The van der Waals surface area contributed by atoms with E-state index >= 15 is 0 Å². The van der Waals surface area contributed by atoms with Crippen LogP contribution < -0.4 is 21.5 Å². The van der Waals surface area contributed by atoms with Gasteiger partial charge in [-0.05, 0) is 6.07 Å². The number of nitrogens with two attached hydrogens (primary N) is 1. The molecule has 0 saturated carbocycles. The van der Waals surface area contributed by atoms with E-state index in [0.29, 0.717) is 5.69 Å². The third kappa shape index (κ3) is 5.09. The molecule has 0 amide bonds. The molecule has 82 valence electrons. The number of rotatable bonds is 0. The van der Waals surface area contributed by atoms with Crippen molar-refractivity contribution in [3.05, 3.63) is 28.7 Å². The molecule has 2 N–H and O–H groups in total. The van der Waals surface area contributed by atoms with Gasteiger partial charge in [-0.2, -0.15) is 0 Å². The van der Waals surface area contributed by atoms with Gasteiger partial charge in [0.05, 0.1) is 11.9 Å². The molecule has 0 aliphatic heterocycles. The van der Waals surface area contributed by atoms with Gasteiger partial charge in [0.15, 0.2) is 0 Å². The van der Waals surface area contributed by atoms with Crippen molar-refractivity contribution in [1.29, 1.82) is 0 Å². The highest BCUT2D eigenvalue weighted by atomic mass is 16.4. The minimum Gasteiger partial charge on any atom is -0.543 e. The summed E-state index contributed by atoms with van der Waals surface area (Å²) >= 11 is 0. The Hall–Kier alpha value is -2.31. The van der Waals surface area contributed by atoms with Crippen molar-refractivity contribution in [2.45, 2.75) is 0 Å². The molecule has 1 aromatic rings. The smallest absolute Gasteiger partial charge is 0.250 e. The summed E-state index contributed by atoms with van der Waals surface area (Å²) in [5.74, 6) is -4.37. The molecule has 0 aromatic carbocycles. The number of aromatic nitrogens is 1. The first kappa shape index (κ1) is 12.7. The summed E-state index contributed by atoms with van der Waals surface area (Å²) < 4.78 is 1.44. The van der Waals surface area contributed by atoms with Crippen LogP contribution in [0.4, 0.5) is 5.69 Å². The Balaban J connectivity index is 0.000000288. The van der Waals surface area contributed by atoms with Crippen LogP contribution in [0.5, 0.6) is 0 Å². The zero-order valence-corrected chi connectivity index (χ0v) is 7.80.